The lowest BCUT2D eigenvalue weighted by Gasteiger charge is -2.36. The minimum atomic E-state index is -3.24. The van der Waals surface area contributed by atoms with Crippen molar-refractivity contribution >= 4 is 16.0 Å². The van der Waals surface area contributed by atoms with E-state index in [4.69, 9.17) is 5.11 Å². The van der Waals surface area contributed by atoms with Crippen molar-refractivity contribution in [2.24, 2.45) is 5.41 Å². The standard InChI is InChI=1S/C11H21NO4S/c1-2-17(15,16)12-9-11(8-10(13)14)6-4-3-5-7-11/h12H,2-9H2,1H3,(H,13,14). The molecule has 0 radical (unpaired) electrons. The summed E-state index contributed by atoms with van der Waals surface area (Å²) >= 11 is 0. The number of sulfonamides is 1. The van der Waals surface area contributed by atoms with E-state index in [1.54, 1.807) is 6.92 Å². The number of hydrogen-bond acceptors (Lipinski definition) is 3. The van der Waals surface area contributed by atoms with Gasteiger partial charge in [0.1, 0.15) is 0 Å². The molecule has 5 nitrogen and oxygen atoms in total. The lowest BCUT2D eigenvalue weighted by atomic mass is 9.72. The molecule has 1 rings (SSSR count). The van der Waals surface area contributed by atoms with Crippen molar-refractivity contribution in [3.05, 3.63) is 0 Å². The van der Waals surface area contributed by atoms with E-state index in [1.807, 2.05) is 0 Å². The summed E-state index contributed by atoms with van der Waals surface area (Å²) < 4.78 is 25.4. The van der Waals surface area contributed by atoms with E-state index < -0.39 is 16.0 Å². The second-order valence-electron chi connectivity index (χ2n) is 4.86. The number of carbonyl (C=O) groups is 1. The van der Waals surface area contributed by atoms with Crippen LogP contribution in [0.2, 0.25) is 0 Å². The fraction of sp³-hybridized carbons (Fsp3) is 0.909. The van der Waals surface area contributed by atoms with Crippen molar-refractivity contribution in [3.8, 4) is 0 Å². The Morgan fingerprint density at radius 1 is 1.29 bits per heavy atom. The molecular weight excluding hydrogens is 242 g/mol. The number of carboxylic acids is 1. The molecule has 6 heteroatoms. The number of rotatable bonds is 6. The number of aliphatic carboxylic acids is 1. The Labute approximate surface area is 103 Å². The average Bonchev–Trinajstić information content (AvgIpc) is 2.27. The van der Waals surface area contributed by atoms with Gasteiger partial charge in [0.25, 0.3) is 0 Å². The van der Waals surface area contributed by atoms with Crippen LogP contribution in [0.1, 0.15) is 45.4 Å². The molecule has 0 aromatic heterocycles. The van der Waals surface area contributed by atoms with Gasteiger partial charge in [-0.2, -0.15) is 0 Å². The van der Waals surface area contributed by atoms with Crippen LogP contribution in [0.25, 0.3) is 0 Å². The Morgan fingerprint density at radius 2 is 1.88 bits per heavy atom. The van der Waals surface area contributed by atoms with E-state index >= 15 is 0 Å². The van der Waals surface area contributed by atoms with Gasteiger partial charge in [0, 0.05) is 6.54 Å². The fourth-order valence-electron chi connectivity index (χ4n) is 2.40. The quantitative estimate of drug-likeness (QED) is 0.757. The maximum atomic E-state index is 11.4. The molecule has 0 aliphatic heterocycles. The number of hydrogen-bond donors (Lipinski definition) is 2. The van der Waals surface area contributed by atoms with Crippen LogP contribution >= 0.6 is 0 Å². The van der Waals surface area contributed by atoms with Gasteiger partial charge in [0.05, 0.1) is 12.2 Å². The van der Waals surface area contributed by atoms with Gasteiger partial charge in [-0.05, 0) is 25.2 Å². The minimum absolute atomic E-state index is 0.0378. The zero-order chi connectivity index (χ0) is 12.9. The molecule has 0 unspecified atom stereocenters. The predicted octanol–water partition coefficient (Wildman–Crippen LogP) is 1.35. The average molecular weight is 263 g/mol. The Bertz CT molecular complexity index is 358. The van der Waals surface area contributed by atoms with Crippen molar-refractivity contribution in [2.75, 3.05) is 12.3 Å². The Kier molecular flexibility index (Phi) is 4.94. The van der Waals surface area contributed by atoms with E-state index in [9.17, 15) is 13.2 Å². The maximum absolute atomic E-state index is 11.4. The van der Waals surface area contributed by atoms with Gasteiger partial charge in [-0.25, -0.2) is 13.1 Å². The molecule has 0 aromatic carbocycles. The third kappa shape index (κ3) is 4.63. The zero-order valence-corrected chi connectivity index (χ0v) is 11.1. The summed E-state index contributed by atoms with van der Waals surface area (Å²) in [5.74, 6) is -0.807. The van der Waals surface area contributed by atoms with Crippen LogP contribution in [0.5, 0.6) is 0 Å². The summed E-state index contributed by atoms with van der Waals surface area (Å²) in [6.45, 7) is 1.84. The minimum Gasteiger partial charge on any atom is -0.481 e. The third-order valence-electron chi connectivity index (χ3n) is 3.49. The van der Waals surface area contributed by atoms with E-state index in [0.29, 0.717) is 0 Å². The molecule has 0 saturated heterocycles. The first-order valence-corrected chi connectivity index (χ1v) is 7.73. The largest absolute Gasteiger partial charge is 0.481 e. The normalized spacial score (nSPS) is 20.1. The smallest absolute Gasteiger partial charge is 0.303 e. The summed E-state index contributed by atoms with van der Waals surface area (Å²) in [5, 5.41) is 8.94. The molecule has 2 N–H and O–H groups in total. The van der Waals surface area contributed by atoms with Crippen LogP contribution in [0.3, 0.4) is 0 Å². The van der Waals surface area contributed by atoms with Crippen LogP contribution < -0.4 is 4.72 Å². The monoisotopic (exact) mass is 263 g/mol. The van der Waals surface area contributed by atoms with E-state index in [0.717, 1.165) is 32.1 Å². The highest BCUT2D eigenvalue weighted by Crippen LogP contribution is 2.38. The third-order valence-corrected chi connectivity index (χ3v) is 4.83. The van der Waals surface area contributed by atoms with Gasteiger partial charge in [-0.1, -0.05) is 19.3 Å². The molecule has 1 aliphatic rings. The lowest BCUT2D eigenvalue weighted by molar-refractivity contribution is -0.140. The lowest BCUT2D eigenvalue weighted by Crippen LogP contribution is -2.40. The van der Waals surface area contributed by atoms with Crippen LogP contribution in [0, 0.1) is 5.41 Å². The molecule has 0 amide bonds. The summed E-state index contributed by atoms with van der Waals surface area (Å²) in [7, 11) is -3.24. The molecule has 1 fully saturated rings. The molecule has 0 aromatic rings. The molecule has 100 valence electrons. The second-order valence-corrected chi connectivity index (χ2v) is 6.95. The van der Waals surface area contributed by atoms with Gasteiger partial charge in [-0.3, -0.25) is 4.79 Å². The van der Waals surface area contributed by atoms with Crippen LogP contribution in [0.15, 0.2) is 0 Å². The van der Waals surface area contributed by atoms with Gasteiger partial charge < -0.3 is 5.11 Å². The number of carboxylic acid groups (broad SMARTS) is 1. The van der Waals surface area contributed by atoms with E-state index in [1.165, 1.54) is 0 Å². The van der Waals surface area contributed by atoms with Crippen molar-refractivity contribution in [1.82, 2.24) is 4.72 Å². The SMILES string of the molecule is CCS(=O)(=O)NCC1(CC(=O)O)CCCCC1. The molecule has 0 heterocycles. The molecule has 17 heavy (non-hydrogen) atoms. The van der Waals surface area contributed by atoms with Crippen LogP contribution in [-0.4, -0.2) is 31.8 Å². The van der Waals surface area contributed by atoms with Crippen LogP contribution in [-0.2, 0) is 14.8 Å². The van der Waals surface area contributed by atoms with Gasteiger partial charge >= 0.3 is 5.97 Å². The molecule has 0 bridgehead atoms. The highest BCUT2D eigenvalue weighted by molar-refractivity contribution is 7.89. The summed E-state index contributed by atoms with van der Waals surface area (Å²) in [5.41, 5.74) is -0.383. The first-order chi connectivity index (χ1) is 7.89. The summed E-state index contributed by atoms with van der Waals surface area (Å²) in [6.07, 6.45) is 4.74. The highest BCUT2D eigenvalue weighted by Gasteiger charge is 2.35. The van der Waals surface area contributed by atoms with Gasteiger partial charge in [0.15, 0.2) is 0 Å². The molecular formula is C11H21NO4S. The van der Waals surface area contributed by atoms with E-state index in [-0.39, 0.29) is 24.1 Å². The van der Waals surface area contributed by atoms with Crippen molar-refractivity contribution in [3.63, 3.8) is 0 Å². The molecule has 1 aliphatic carbocycles. The fourth-order valence-corrected chi connectivity index (χ4v) is 3.13. The van der Waals surface area contributed by atoms with Crippen molar-refractivity contribution < 1.29 is 18.3 Å². The zero-order valence-electron chi connectivity index (χ0n) is 10.2. The van der Waals surface area contributed by atoms with Gasteiger partial charge in [0.2, 0.25) is 10.0 Å². The van der Waals surface area contributed by atoms with Gasteiger partial charge in [-0.15, -0.1) is 0 Å². The topological polar surface area (TPSA) is 83.5 Å². The Balaban J connectivity index is 2.67. The Morgan fingerprint density at radius 3 is 2.35 bits per heavy atom. The highest BCUT2D eigenvalue weighted by atomic mass is 32.2. The van der Waals surface area contributed by atoms with Crippen molar-refractivity contribution in [1.29, 1.82) is 0 Å². The summed E-state index contributed by atoms with van der Waals surface area (Å²) in [4.78, 5) is 10.9. The molecule has 0 spiro atoms. The summed E-state index contributed by atoms with van der Waals surface area (Å²) in [6, 6.07) is 0. The molecule has 1 saturated carbocycles. The second kappa shape index (κ2) is 5.82. The molecule has 0 atom stereocenters. The predicted molar refractivity (Wildman–Crippen MR) is 65.2 cm³/mol. The van der Waals surface area contributed by atoms with E-state index in [2.05, 4.69) is 4.72 Å². The van der Waals surface area contributed by atoms with Crippen molar-refractivity contribution in [2.45, 2.75) is 45.4 Å². The first-order valence-electron chi connectivity index (χ1n) is 6.08. The first kappa shape index (κ1) is 14.4. The van der Waals surface area contributed by atoms with Crippen LogP contribution in [0.4, 0.5) is 0 Å². The maximum Gasteiger partial charge on any atom is 0.303 e. The Hall–Kier alpha value is -0.620. The number of nitrogens with one attached hydrogen (secondary N) is 1.